The van der Waals surface area contributed by atoms with Crippen LogP contribution in [-0.2, 0) is 0 Å². The third kappa shape index (κ3) is 4.14. The summed E-state index contributed by atoms with van der Waals surface area (Å²) in [5.74, 6) is 0. The highest BCUT2D eigenvalue weighted by atomic mass is 14.9. The summed E-state index contributed by atoms with van der Waals surface area (Å²) in [7, 11) is 0. The molecule has 0 spiro atoms. The first-order valence-corrected chi connectivity index (χ1v) is 6.37. The molecule has 2 heteroatoms. The van der Waals surface area contributed by atoms with E-state index in [1.54, 1.807) is 0 Å². The monoisotopic (exact) mass is 222 g/mol. The second kappa shape index (κ2) is 4.75. The number of nitrogens with one attached hydrogen (secondary N) is 1. The Bertz CT molecular complexity index is 257. The van der Waals surface area contributed by atoms with E-state index in [4.69, 9.17) is 5.26 Å². The van der Waals surface area contributed by atoms with E-state index in [1.165, 1.54) is 19.3 Å². The molecule has 0 saturated heterocycles. The van der Waals surface area contributed by atoms with Gasteiger partial charge in [0.1, 0.15) is 0 Å². The minimum absolute atomic E-state index is 0.319. The van der Waals surface area contributed by atoms with Gasteiger partial charge in [0.15, 0.2) is 0 Å². The van der Waals surface area contributed by atoms with E-state index in [2.05, 4.69) is 46.0 Å². The predicted molar refractivity (Wildman–Crippen MR) is 68.0 cm³/mol. The van der Waals surface area contributed by atoms with Crippen LogP contribution in [0.15, 0.2) is 0 Å². The molecule has 2 nitrogen and oxygen atoms in total. The van der Waals surface area contributed by atoms with Crippen molar-refractivity contribution in [2.75, 3.05) is 0 Å². The maximum Gasteiger partial charge on any atom is 0.0638 e. The van der Waals surface area contributed by atoms with Crippen molar-refractivity contribution in [1.29, 1.82) is 5.26 Å². The average Bonchev–Trinajstić information content (AvgIpc) is 1.96. The minimum Gasteiger partial charge on any atom is -0.310 e. The quantitative estimate of drug-likeness (QED) is 0.793. The zero-order valence-corrected chi connectivity index (χ0v) is 11.4. The predicted octanol–water partition coefficient (Wildman–Crippen LogP) is 3.48. The molecule has 16 heavy (non-hydrogen) atoms. The minimum atomic E-state index is 0.319. The van der Waals surface area contributed by atoms with Gasteiger partial charge < -0.3 is 5.32 Å². The Balaban J connectivity index is 2.58. The first kappa shape index (κ1) is 13.5. The highest BCUT2D eigenvalue weighted by Crippen LogP contribution is 2.45. The van der Waals surface area contributed by atoms with Crippen LogP contribution in [0.2, 0.25) is 0 Å². The molecule has 1 fully saturated rings. The normalized spacial score (nSPS) is 26.0. The third-order valence-corrected chi connectivity index (χ3v) is 3.47. The van der Waals surface area contributed by atoms with E-state index in [-0.39, 0.29) is 0 Å². The lowest BCUT2D eigenvalue weighted by molar-refractivity contribution is 0.0814. The fourth-order valence-electron chi connectivity index (χ4n) is 3.56. The van der Waals surface area contributed by atoms with Crippen LogP contribution >= 0.6 is 0 Å². The molecule has 0 radical (unpaired) electrons. The topological polar surface area (TPSA) is 35.8 Å². The summed E-state index contributed by atoms with van der Waals surface area (Å²) in [5.41, 5.74) is 0.845. The second-order valence-corrected chi connectivity index (χ2v) is 7.04. The summed E-state index contributed by atoms with van der Waals surface area (Å²) >= 11 is 0. The van der Waals surface area contributed by atoms with Gasteiger partial charge in [-0.25, -0.2) is 0 Å². The van der Waals surface area contributed by atoms with Gasteiger partial charge in [0.05, 0.1) is 12.5 Å². The van der Waals surface area contributed by atoms with Crippen LogP contribution < -0.4 is 5.32 Å². The molecule has 0 aromatic rings. The summed E-state index contributed by atoms with van der Waals surface area (Å²) in [6, 6.07) is 3.13. The van der Waals surface area contributed by atoms with E-state index in [0.717, 1.165) is 0 Å². The zero-order valence-electron chi connectivity index (χ0n) is 11.4. The van der Waals surface area contributed by atoms with Gasteiger partial charge in [-0.15, -0.1) is 0 Å². The van der Waals surface area contributed by atoms with Crippen molar-refractivity contribution >= 4 is 0 Å². The van der Waals surface area contributed by atoms with Crippen molar-refractivity contribution in [3.05, 3.63) is 0 Å². The molecule has 1 rings (SSSR count). The zero-order chi connectivity index (χ0) is 12.4. The molecule has 92 valence electrons. The highest BCUT2D eigenvalue weighted by Gasteiger charge is 2.38. The lowest BCUT2D eigenvalue weighted by Crippen LogP contribution is -2.46. The lowest BCUT2D eigenvalue weighted by Gasteiger charge is -2.45. The van der Waals surface area contributed by atoms with Crippen LogP contribution in [0, 0.1) is 22.2 Å². The molecular formula is C14H26N2. The van der Waals surface area contributed by atoms with E-state index in [0.29, 0.717) is 29.3 Å². The van der Waals surface area contributed by atoms with Crippen molar-refractivity contribution in [1.82, 2.24) is 5.32 Å². The number of hydrogen-bond acceptors (Lipinski definition) is 2. The Labute approximate surface area is 100 Å². The standard InChI is InChI=1S/C14H26N2/c1-11(6-7-15)16-12-8-13(2,3)10-14(4,5)9-12/h11-12,16H,6,8-10H2,1-5H3. The fraction of sp³-hybridized carbons (Fsp3) is 0.929. The van der Waals surface area contributed by atoms with E-state index in [1.807, 2.05) is 0 Å². The maximum atomic E-state index is 8.68. The molecular weight excluding hydrogens is 196 g/mol. The largest absolute Gasteiger partial charge is 0.310 e. The number of nitrogens with zero attached hydrogens (tertiary/aromatic N) is 1. The van der Waals surface area contributed by atoms with Gasteiger partial charge in [-0.3, -0.25) is 0 Å². The Hall–Kier alpha value is -0.550. The number of hydrogen-bond donors (Lipinski definition) is 1. The Morgan fingerprint density at radius 1 is 1.25 bits per heavy atom. The van der Waals surface area contributed by atoms with Gasteiger partial charge in [0, 0.05) is 12.1 Å². The number of nitriles is 1. The van der Waals surface area contributed by atoms with Gasteiger partial charge in [-0.2, -0.15) is 5.26 Å². The Kier molecular flexibility index (Phi) is 4.02. The van der Waals surface area contributed by atoms with Crippen LogP contribution in [-0.4, -0.2) is 12.1 Å². The van der Waals surface area contributed by atoms with E-state index < -0.39 is 0 Å². The average molecular weight is 222 g/mol. The van der Waals surface area contributed by atoms with E-state index in [9.17, 15) is 0 Å². The molecule has 1 aliphatic carbocycles. The maximum absolute atomic E-state index is 8.68. The van der Waals surface area contributed by atoms with Gasteiger partial charge >= 0.3 is 0 Å². The van der Waals surface area contributed by atoms with Crippen LogP contribution in [0.5, 0.6) is 0 Å². The first-order valence-electron chi connectivity index (χ1n) is 6.37. The van der Waals surface area contributed by atoms with Crippen molar-refractivity contribution in [2.45, 2.75) is 72.4 Å². The van der Waals surface area contributed by atoms with Gasteiger partial charge in [-0.1, -0.05) is 27.7 Å². The number of rotatable bonds is 3. The lowest BCUT2D eigenvalue weighted by atomic mass is 9.63. The fourth-order valence-corrected chi connectivity index (χ4v) is 3.56. The summed E-state index contributed by atoms with van der Waals surface area (Å²) in [5, 5.41) is 12.3. The molecule has 0 amide bonds. The molecule has 0 bridgehead atoms. The van der Waals surface area contributed by atoms with Crippen molar-refractivity contribution in [2.24, 2.45) is 10.8 Å². The van der Waals surface area contributed by atoms with Crippen molar-refractivity contribution in [3.63, 3.8) is 0 Å². The molecule has 1 unspecified atom stereocenters. The molecule has 0 heterocycles. The summed E-state index contributed by atoms with van der Waals surface area (Å²) in [4.78, 5) is 0. The van der Waals surface area contributed by atoms with Crippen molar-refractivity contribution < 1.29 is 0 Å². The Morgan fingerprint density at radius 2 is 1.75 bits per heavy atom. The molecule has 0 aromatic carbocycles. The van der Waals surface area contributed by atoms with Crippen LogP contribution in [0.1, 0.15) is 60.3 Å². The Morgan fingerprint density at radius 3 is 2.19 bits per heavy atom. The second-order valence-electron chi connectivity index (χ2n) is 7.04. The molecule has 0 aliphatic heterocycles. The molecule has 1 saturated carbocycles. The summed E-state index contributed by atoms with van der Waals surface area (Å²) in [6.07, 6.45) is 4.36. The van der Waals surface area contributed by atoms with Gasteiger partial charge in [0.2, 0.25) is 0 Å². The van der Waals surface area contributed by atoms with Crippen LogP contribution in [0.25, 0.3) is 0 Å². The molecule has 0 aromatic heterocycles. The molecule has 1 N–H and O–H groups in total. The molecule has 1 atom stereocenters. The van der Waals surface area contributed by atoms with Crippen molar-refractivity contribution in [3.8, 4) is 6.07 Å². The summed E-state index contributed by atoms with van der Waals surface area (Å²) in [6.45, 7) is 11.5. The molecule has 1 aliphatic rings. The first-order chi connectivity index (χ1) is 7.24. The van der Waals surface area contributed by atoms with Crippen LogP contribution in [0.4, 0.5) is 0 Å². The van der Waals surface area contributed by atoms with Gasteiger partial charge in [-0.05, 0) is 37.0 Å². The SMILES string of the molecule is CC(CC#N)NC1CC(C)(C)CC(C)(C)C1. The highest BCUT2D eigenvalue weighted by molar-refractivity contribution is 4.93. The summed E-state index contributed by atoms with van der Waals surface area (Å²) < 4.78 is 0. The van der Waals surface area contributed by atoms with Crippen LogP contribution in [0.3, 0.4) is 0 Å². The van der Waals surface area contributed by atoms with Gasteiger partial charge in [0.25, 0.3) is 0 Å². The smallest absolute Gasteiger partial charge is 0.0638 e. The third-order valence-electron chi connectivity index (χ3n) is 3.47. The van der Waals surface area contributed by atoms with E-state index >= 15 is 0 Å².